The van der Waals surface area contributed by atoms with Gasteiger partial charge in [0, 0.05) is 34.6 Å². The van der Waals surface area contributed by atoms with Gasteiger partial charge in [0.05, 0.1) is 0 Å². The Bertz CT molecular complexity index is 245. The molecule has 0 aliphatic carbocycles. The lowest BCUT2D eigenvalue weighted by Gasteiger charge is -1.68. The van der Waals surface area contributed by atoms with Gasteiger partial charge in [-0.1, -0.05) is 26.7 Å². The van der Waals surface area contributed by atoms with Gasteiger partial charge in [0.1, 0.15) is 0 Å². The molecule has 13 heteroatoms. The third-order valence-electron chi connectivity index (χ3n) is 0.500. The average molecular weight is 409 g/mol. The van der Waals surface area contributed by atoms with Crippen LogP contribution in [0.5, 0.6) is 0 Å². The second-order valence-corrected chi connectivity index (χ2v) is 3.60. The Morgan fingerprint density at radius 1 is 0.444 bits per heavy atom. The molecule has 170 valence electrons. The van der Waals surface area contributed by atoms with Crippen molar-refractivity contribution in [3.8, 4) is 0 Å². The second kappa shape index (κ2) is 56.7. The molecule has 0 unspecified atom stereocenters. The second-order valence-electron chi connectivity index (χ2n) is 3.60. The number of carbonyl (C=O) groups is 5. The summed E-state index contributed by atoms with van der Waals surface area (Å²) < 4.78 is 0. The van der Waals surface area contributed by atoms with E-state index in [1.807, 2.05) is 0 Å². The van der Waals surface area contributed by atoms with E-state index in [0.717, 1.165) is 34.6 Å². The van der Waals surface area contributed by atoms with Crippen molar-refractivity contribution in [2.24, 2.45) is 0 Å². The van der Waals surface area contributed by atoms with E-state index in [-0.39, 0.29) is 18.5 Å². The zero-order valence-electron chi connectivity index (χ0n) is 17.3. The van der Waals surface area contributed by atoms with Crippen LogP contribution >= 0.6 is 0 Å². The number of rotatable bonds is 1. The molecule has 0 bridgehead atoms. The van der Waals surface area contributed by atoms with E-state index in [4.69, 9.17) is 49.5 Å². The lowest BCUT2D eigenvalue weighted by atomic mass is 10.4. The molecule has 0 fully saturated rings. The fraction of sp³-hybridized carbons (Fsp3) is 0.643. The molecule has 0 aliphatic rings. The summed E-state index contributed by atoms with van der Waals surface area (Å²) in [7, 11) is 0. The molecule has 0 atom stereocenters. The quantitative estimate of drug-likeness (QED) is 0.309. The van der Waals surface area contributed by atoms with Gasteiger partial charge in [-0.05, 0) is 0 Å². The molecule has 14 N–H and O–H groups in total. The van der Waals surface area contributed by atoms with Crippen LogP contribution in [0.15, 0.2) is 0 Å². The molecule has 0 saturated heterocycles. The summed E-state index contributed by atoms with van der Waals surface area (Å²) >= 11 is 0. The third kappa shape index (κ3) is 3340. The molecular weight excluding hydrogens is 370 g/mol. The zero-order chi connectivity index (χ0) is 21.3. The van der Waals surface area contributed by atoms with Crippen molar-refractivity contribution in [3.63, 3.8) is 0 Å². The predicted octanol–water partition coefficient (Wildman–Crippen LogP) is 2.75. The van der Waals surface area contributed by atoms with Crippen molar-refractivity contribution in [1.29, 1.82) is 0 Å². The minimum atomic E-state index is -0.833. The lowest BCUT2D eigenvalue weighted by Crippen LogP contribution is -1.78. The highest BCUT2D eigenvalue weighted by Gasteiger charge is 1.67. The van der Waals surface area contributed by atoms with Gasteiger partial charge in [-0.2, -0.15) is 0 Å². The highest BCUT2D eigenvalue weighted by molar-refractivity contribution is 5.63. The first-order valence-corrected chi connectivity index (χ1v) is 6.55. The van der Waals surface area contributed by atoms with Gasteiger partial charge in [0.15, 0.2) is 0 Å². The summed E-state index contributed by atoms with van der Waals surface area (Å²) in [6.45, 7) is 9.78. The first-order chi connectivity index (χ1) is 10.6. The van der Waals surface area contributed by atoms with Crippen molar-refractivity contribution >= 4 is 29.8 Å². The van der Waals surface area contributed by atoms with Crippen molar-refractivity contribution in [1.82, 2.24) is 18.5 Å². The number of carboxylic acid groups (broad SMARTS) is 5. The summed E-state index contributed by atoms with van der Waals surface area (Å²) in [5.74, 6) is -4.17. The fourth-order valence-electron chi connectivity index (χ4n) is 0. The van der Waals surface area contributed by atoms with E-state index >= 15 is 0 Å². The molecule has 0 radical (unpaired) electrons. The van der Waals surface area contributed by atoms with Gasteiger partial charge in [0.2, 0.25) is 0 Å². The van der Waals surface area contributed by atoms with Crippen LogP contribution in [0.25, 0.3) is 0 Å². The molecule has 0 aliphatic heterocycles. The van der Waals surface area contributed by atoms with Crippen LogP contribution in [0.2, 0.25) is 0 Å². The molecule has 0 heterocycles. The first kappa shape index (κ1) is 56.4. The molecule has 0 amide bonds. The smallest absolute Gasteiger partial charge is 0.300 e. The number of hydrogen-bond acceptors (Lipinski definition) is 8. The Kier molecular flexibility index (Phi) is 118. The number of unbranched alkanes of at least 4 members (excludes halogenated alkanes) is 1. The molecular formula is C14H39N3O10. The van der Waals surface area contributed by atoms with Gasteiger partial charge in [-0.15, -0.1) is 0 Å². The summed E-state index contributed by atoms with van der Waals surface area (Å²) in [4.78, 5) is 45.0. The van der Waals surface area contributed by atoms with Gasteiger partial charge >= 0.3 is 0 Å². The Hall–Kier alpha value is -2.77. The molecule has 0 saturated carbocycles. The van der Waals surface area contributed by atoms with E-state index in [0.29, 0.717) is 0 Å². The maximum atomic E-state index is 9.00. The Morgan fingerprint density at radius 2 is 0.481 bits per heavy atom. The maximum absolute atomic E-state index is 9.00. The van der Waals surface area contributed by atoms with Gasteiger partial charge in [-0.3, -0.25) is 24.0 Å². The van der Waals surface area contributed by atoms with Crippen LogP contribution in [0.3, 0.4) is 0 Å². The van der Waals surface area contributed by atoms with E-state index in [1.54, 1.807) is 0 Å². The number of aliphatic carboxylic acids is 5. The topological polar surface area (TPSA) is 292 Å². The minimum absolute atomic E-state index is 0. The average Bonchev–Trinajstić information content (AvgIpc) is 2.24. The van der Waals surface area contributed by atoms with Crippen molar-refractivity contribution in [3.05, 3.63) is 0 Å². The Morgan fingerprint density at radius 3 is 0.481 bits per heavy atom. The fourth-order valence-corrected chi connectivity index (χ4v) is 0. The van der Waals surface area contributed by atoms with Crippen LogP contribution in [-0.4, -0.2) is 55.4 Å². The number of carboxylic acids is 5. The zero-order valence-corrected chi connectivity index (χ0v) is 17.3. The van der Waals surface area contributed by atoms with E-state index in [9.17, 15) is 0 Å². The van der Waals surface area contributed by atoms with E-state index in [1.165, 1.54) is 12.8 Å². The molecule has 0 aromatic carbocycles. The molecule has 0 aromatic heterocycles. The third-order valence-corrected chi connectivity index (χ3v) is 0.500. The monoisotopic (exact) mass is 409 g/mol. The van der Waals surface area contributed by atoms with Gasteiger partial charge in [-0.25, -0.2) is 0 Å². The highest BCUT2D eigenvalue weighted by atomic mass is 16.4. The largest absolute Gasteiger partial charge is 0.481 e. The first-order valence-electron chi connectivity index (χ1n) is 6.55. The van der Waals surface area contributed by atoms with Crippen molar-refractivity contribution in [2.45, 2.75) is 61.3 Å². The predicted molar refractivity (Wildman–Crippen MR) is 102 cm³/mol. The Balaban J connectivity index is -0.0000000201. The molecule has 27 heavy (non-hydrogen) atoms. The minimum Gasteiger partial charge on any atom is -0.481 e. The maximum Gasteiger partial charge on any atom is 0.300 e. The SMILES string of the molecule is CC(=O)O.CC(=O)O.CC(=O)O.CC(=O)O.CC(=O)O.CCCC.N.N.N. The standard InChI is InChI=1S/C4H10.5C2H4O2.3H3N/c1-3-4-2;5*1-2(3)4;;;/h3-4H2,1-2H3;5*1H3,(H,3,4);3*1H3. The summed E-state index contributed by atoms with van der Waals surface area (Å²) in [5.41, 5.74) is 0. The van der Waals surface area contributed by atoms with Gasteiger partial charge in [0.25, 0.3) is 29.8 Å². The lowest BCUT2D eigenvalue weighted by molar-refractivity contribution is -0.135. The van der Waals surface area contributed by atoms with E-state index < -0.39 is 29.8 Å². The van der Waals surface area contributed by atoms with Crippen LogP contribution in [0.4, 0.5) is 0 Å². The van der Waals surface area contributed by atoms with Crippen molar-refractivity contribution in [2.75, 3.05) is 0 Å². The summed E-state index contributed by atoms with van der Waals surface area (Å²) in [6.07, 6.45) is 2.64. The van der Waals surface area contributed by atoms with E-state index in [2.05, 4.69) is 13.8 Å². The molecule has 0 spiro atoms. The number of hydrogen-bond donors (Lipinski definition) is 8. The van der Waals surface area contributed by atoms with Crippen LogP contribution in [0, 0.1) is 0 Å². The molecule has 0 aromatic rings. The van der Waals surface area contributed by atoms with Crippen LogP contribution in [-0.2, 0) is 24.0 Å². The Labute approximate surface area is 160 Å². The highest BCUT2D eigenvalue weighted by Crippen LogP contribution is 1.76. The van der Waals surface area contributed by atoms with Gasteiger partial charge < -0.3 is 44.0 Å². The van der Waals surface area contributed by atoms with Crippen molar-refractivity contribution < 1.29 is 49.5 Å². The normalized spacial score (nSPS) is 5.74. The summed E-state index contributed by atoms with van der Waals surface area (Å²) in [5, 5.41) is 37.1. The summed E-state index contributed by atoms with van der Waals surface area (Å²) in [6, 6.07) is 0. The van der Waals surface area contributed by atoms with Crippen LogP contribution in [0.1, 0.15) is 61.3 Å². The molecule has 0 rings (SSSR count). The molecule has 13 nitrogen and oxygen atoms in total. The van der Waals surface area contributed by atoms with Crippen LogP contribution < -0.4 is 18.5 Å².